The van der Waals surface area contributed by atoms with Gasteiger partial charge in [-0.05, 0) is 38.5 Å². The lowest BCUT2D eigenvalue weighted by Crippen LogP contribution is -2.70. The second-order valence-electron chi connectivity index (χ2n) is 22.9. The number of carboxylic acid groups (broad SMARTS) is 1. The summed E-state index contributed by atoms with van der Waals surface area (Å²) in [5, 5.41) is 136. The highest BCUT2D eigenvalue weighted by Gasteiger charge is 2.60. The second-order valence-corrected chi connectivity index (χ2v) is 22.9. The van der Waals surface area contributed by atoms with Crippen LogP contribution in [0.4, 0.5) is 0 Å². The highest BCUT2D eigenvalue weighted by molar-refractivity contribution is 5.77. The molecule has 3 saturated heterocycles. The van der Waals surface area contributed by atoms with Crippen LogP contribution in [-0.2, 0) is 42.8 Å². The van der Waals surface area contributed by atoms with Gasteiger partial charge in [-0.2, -0.15) is 0 Å². The molecule has 3 heterocycles. The molecule has 0 spiro atoms. The van der Waals surface area contributed by atoms with Crippen molar-refractivity contribution in [3.05, 3.63) is 12.2 Å². The molecule has 480 valence electrons. The SMILES string of the molecule is CCCCCCCCC/C=C\CCCCCCCC(=O)NC(COC1OC(CO)C(OC2OC(CO)C(O)C(OC3(C(=O)O)CC(O)C(NC(C)=O)C(C(O)C(O)CO)O3)C2O)C(O)C1O)C(O)CCCCCCCCCCCCCC. The average Bonchev–Trinajstić information content (AvgIpc) is 3.46. The number of carboxylic acids is 1. The molecule has 3 fully saturated rings. The number of carbonyl (C=O) groups excluding carboxylic acids is 2. The van der Waals surface area contributed by atoms with Gasteiger partial charge in [0, 0.05) is 19.8 Å². The van der Waals surface area contributed by atoms with Crippen LogP contribution in [0.5, 0.6) is 0 Å². The van der Waals surface area contributed by atoms with E-state index in [9.17, 15) is 75.7 Å². The van der Waals surface area contributed by atoms with Gasteiger partial charge in [0.25, 0.3) is 5.79 Å². The number of rotatable bonds is 45. The van der Waals surface area contributed by atoms with Crippen molar-refractivity contribution in [3.63, 3.8) is 0 Å². The molecule has 0 aliphatic carbocycles. The van der Waals surface area contributed by atoms with Crippen LogP contribution in [-0.4, -0.2) is 215 Å². The van der Waals surface area contributed by atoms with Gasteiger partial charge in [-0.1, -0.05) is 161 Å². The number of aliphatic hydroxyl groups is 11. The van der Waals surface area contributed by atoms with Crippen molar-refractivity contribution in [1.82, 2.24) is 10.6 Å². The maximum absolute atomic E-state index is 13.4. The number of nitrogens with one attached hydrogen (secondary N) is 2. The van der Waals surface area contributed by atoms with Crippen molar-refractivity contribution in [1.29, 1.82) is 0 Å². The lowest BCUT2D eigenvalue weighted by molar-refractivity contribution is -0.386. The summed E-state index contributed by atoms with van der Waals surface area (Å²) in [4.78, 5) is 38.4. The van der Waals surface area contributed by atoms with Crippen molar-refractivity contribution < 1.29 is 104 Å². The molecule has 18 atom stereocenters. The molecule has 3 aliphatic heterocycles. The van der Waals surface area contributed by atoms with Gasteiger partial charge >= 0.3 is 5.97 Å². The summed E-state index contributed by atoms with van der Waals surface area (Å²) < 4.78 is 34.7. The quantitative estimate of drug-likeness (QED) is 0.0307. The molecule has 0 bridgehead atoms. The highest BCUT2D eigenvalue weighted by Crippen LogP contribution is 2.38. The first-order valence-corrected chi connectivity index (χ1v) is 31.0. The predicted octanol–water partition coefficient (Wildman–Crippen LogP) is 3.17. The van der Waals surface area contributed by atoms with Gasteiger partial charge in [0.2, 0.25) is 11.8 Å². The Balaban J connectivity index is 1.65. The van der Waals surface area contributed by atoms with E-state index in [0.29, 0.717) is 19.3 Å². The van der Waals surface area contributed by atoms with E-state index >= 15 is 0 Å². The van der Waals surface area contributed by atoms with Crippen molar-refractivity contribution >= 4 is 17.8 Å². The predicted molar refractivity (Wildman–Crippen MR) is 301 cm³/mol. The normalized spacial score (nSPS) is 30.2. The van der Waals surface area contributed by atoms with E-state index in [0.717, 1.165) is 71.1 Å². The zero-order valence-corrected chi connectivity index (χ0v) is 49.3. The van der Waals surface area contributed by atoms with Crippen LogP contribution in [0.1, 0.15) is 207 Å². The number of ether oxygens (including phenoxy) is 6. The zero-order chi connectivity index (χ0) is 60.5. The van der Waals surface area contributed by atoms with Gasteiger partial charge in [0.1, 0.15) is 67.1 Å². The molecule has 0 aromatic heterocycles. The topological polar surface area (TPSA) is 373 Å². The largest absolute Gasteiger partial charge is 0.477 e. The first kappa shape index (κ1) is 73.7. The minimum atomic E-state index is -3.08. The minimum Gasteiger partial charge on any atom is -0.477 e. The van der Waals surface area contributed by atoms with E-state index in [4.69, 9.17) is 28.4 Å². The Bertz CT molecular complexity index is 1740. The first-order valence-electron chi connectivity index (χ1n) is 31.0. The molecule has 3 aliphatic rings. The number of carbonyl (C=O) groups is 3. The Hall–Kier alpha value is -2.53. The van der Waals surface area contributed by atoms with Crippen molar-refractivity contribution in [3.8, 4) is 0 Å². The van der Waals surface area contributed by atoms with Crippen LogP contribution in [0, 0.1) is 0 Å². The highest BCUT2D eigenvalue weighted by atomic mass is 16.8. The number of amides is 2. The molecule has 23 heteroatoms. The summed E-state index contributed by atoms with van der Waals surface area (Å²) >= 11 is 0. The van der Waals surface area contributed by atoms with Crippen molar-refractivity contribution in [2.45, 2.75) is 317 Å². The Labute approximate surface area is 486 Å². The van der Waals surface area contributed by atoms with Gasteiger partial charge in [-0.3, -0.25) is 9.59 Å². The molecule has 23 nitrogen and oxygen atoms in total. The number of unbranched alkanes of at least 4 members (excludes halogenated alkanes) is 23. The number of allylic oxidation sites excluding steroid dienone is 2. The molecule has 0 radical (unpaired) electrons. The van der Waals surface area contributed by atoms with E-state index < -0.39 is 148 Å². The fraction of sp³-hybridized carbons (Fsp3) is 0.915. The van der Waals surface area contributed by atoms with Gasteiger partial charge in [0.05, 0.1) is 50.7 Å². The molecule has 0 saturated carbocycles. The van der Waals surface area contributed by atoms with Crippen LogP contribution in [0.15, 0.2) is 12.2 Å². The maximum Gasteiger partial charge on any atom is 0.364 e. The minimum absolute atomic E-state index is 0.214. The zero-order valence-electron chi connectivity index (χ0n) is 49.3. The molecule has 0 aromatic carbocycles. The number of hydrogen-bond acceptors (Lipinski definition) is 20. The number of aliphatic carboxylic acids is 1. The van der Waals surface area contributed by atoms with E-state index in [2.05, 4.69) is 36.6 Å². The molecule has 3 rings (SSSR count). The molecule has 14 N–H and O–H groups in total. The fourth-order valence-electron chi connectivity index (χ4n) is 10.9. The Kier molecular flexibility index (Phi) is 37.4. The van der Waals surface area contributed by atoms with E-state index in [1.807, 2.05) is 0 Å². The van der Waals surface area contributed by atoms with Crippen LogP contribution in [0.25, 0.3) is 0 Å². The molecular weight excluding hydrogens is 1070 g/mol. The van der Waals surface area contributed by atoms with Crippen LogP contribution < -0.4 is 10.6 Å². The summed E-state index contributed by atoms with van der Waals surface area (Å²) in [5.41, 5.74) is 0. The Morgan fingerprint density at radius 1 is 0.622 bits per heavy atom. The van der Waals surface area contributed by atoms with E-state index in [1.54, 1.807) is 0 Å². The standard InChI is InChI=1S/C59H108N2O21/c1-4-6-8-10-12-14-16-18-19-20-21-23-25-27-29-31-33-46(69)61-40(41(66)32-30-28-26-24-22-17-15-13-11-9-7-5-2)38-77-56-51(73)50(72)53(45(37-64)79-56)80-57-52(74)55(49(71)44(36-63)78-57)82-59(58(75)76)34-42(67)47(60-39(3)65)54(81-59)48(70)43(68)35-62/h19-20,40-45,47-57,62-64,66-68,70-74H,4-18,21-38H2,1-3H3,(H,60,65)(H,61,69)(H,75,76)/b20-19-. The fourth-order valence-corrected chi connectivity index (χ4v) is 10.9. The van der Waals surface area contributed by atoms with Gasteiger partial charge in [-0.25, -0.2) is 4.79 Å². The van der Waals surface area contributed by atoms with Crippen LogP contribution in [0.3, 0.4) is 0 Å². The van der Waals surface area contributed by atoms with Crippen molar-refractivity contribution in [2.24, 2.45) is 0 Å². The van der Waals surface area contributed by atoms with Gasteiger partial charge < -0.3 is 100 Å². The summed E-state index contributed by atoms with van der Waals surface area (Å²) in [7, 11) is 0. The number of aliphatic hydroxyl groups excluding tert-OH is 11. The lowest BCUT2D eigenvalue weighted by Gasteiger charge is -2.50. The average molecular weight is 1180 g/mol. The van der Waals surface area contributed by atoms with E-state index in [1.165, 1.54) is 89.9 Å². The first-order chi connectivity index (χ1) is 39.4. The third kappa shape index (κ3) is 25.4. The van der Waals surface area contributed by atoms with Gasteiger partial charge in [-0.15, -0.1) is 0 Å². The van der Waals surface area contributed by atoms with E-state index in [-0.39, 0.29) is 18.9 Å². The Morgan fingerprint density at radius 2 is 1.13 bits per heavy atom. The summed E-state index contributed by atoms with van der Waals surface area (Å²) in [6, 6.07) is -2.53. The molecule has 18 unspecified atom stereocenters. The van der Waals surface area contributed by atoms with Crippen molar-refractivity contribution in [2.75, 3.05) is 26.4 Å². The third-order valence-corrected chi connectivity index (χ3v) is 16.0. The monoisotopic (exact) mass is 1180 g/mol. The Morgan fingerprint density at radius 3 is 1.65 bits per heavy atom. The smallest absolute Gasteiger partial charge is 0.364 e. The van der Waals surface area contributed by atoms with Crippen LogP contribution >= 0.6 is 0 Å². The molecule has 0 aromatic rings. The summed E-state index contributed by atoms with van der Waals surface area (Å²) in [6.07, 6.45) is 5.24. The maximum atomic E-state index is 13.4. The molecule has 2 amide bonds. The summed E-state index contributed by atoms with van der Waals surface area (Å²) in [6.45, 7) is 2.15. The third-order valence-electron chi connectivity index (χ3n) is 16.0. The number of hydrogen-bond donors (Lipinski definition) is 14. The summed E-state index contributed by atoms with van der Waals surface area (Å²) in [5.74, 6) is -6.11. The second kappa shape index (κ2) is 41.5. The van der Waals surface area contributed by atoms with Gasteiger partial charge in [0.15, 0.2) is 12.6 Å². The molecular formula is C59H108N2O21. The van der Waals surface area contributed by atoms with Crippen LogP contribution in [0.2, 0.25) is 0 Å². The molecule has 82 heavy (non-hydrogen) atoms. The lowest BCUT2D eigenvalue weighted by atomic mass is 9.88.